The summed E-state index contributed by atoms with van der Waals surface area (Å²) in [5.74, 6) is -1.27. The first-order chi connectivity index (χ1) is 11.1. The van der Waals surface area contributed by atoms with Crippen molar-refractivity contribution in [1.29, 1.82) is 0 Å². The third kappa shape index (κ3) is 5.73. The molecule has 0 saturated carbocycles. The van der Waals surface area contributed by atoms with E-state index in [1.165, 1.54) is 6.92 Å². The molecular formula is C12H22N6O6. The zero-order chi connectivity index (χ0) is 18.4. The summed E-state index contributed by atoms with van der Waals surface area (Å²) in [6.45, 7) is 2.84. The van der Waals surface area contributed by atoms with E-state index in [9.17, 15) is 19.8 Å². The number of urea groups is 1. The fourth-order valence-electron chi connectivity index (χ4n) is 1.77. The van der Waals surface area contributed by atoms with Gasteiger partial charge in [0.15, 0.2) is 11.9 Å². The lowest BCUT2D eigenvalue weighted by Crippen LogP contribution is -2.52. The van der Waals surface area contributed by atoms with E-state index in [0.717, 1.165) is 0 Å². The number of hydrogen-bond acceptors (Lipinski definition) is 9. The number of aromatic nitrogens is 2. The highest BCUT2D eigenvalue weighted by Gasteiger charge is 2.28. The predicted octanol–water partition coefficient (Wildman–Crippen LogP) is -2.07. The average Bonchev–Trinajstić information content (AvgIpc) is 2.92. The molecule has 136 valence electrons. The van der Waals surface area contributed by atoms with Gasteiger partial charge in [0.05, 0.1) is 12.1 Å². The van der Waals surface area contributed by atoms with Gasteiger partial charge in [-0.05, 0) is 13.8 Å². The molecule has 12 nitrogen and oxygen atoms in total. The molecule has 1 rings (SSSR count). The molecular weight excluding hydrogens is 324 g/mol. The number of aliphatic carboxylic acids is 1. The molecule has 9 N–H and O–H groups in total. The number of nitrogens with two attached hydrogens (primary N) is 2. The molecule has 0 aromatic carbocycles. The van der Waals surface area contributed by atoms with Gasteiger partial charge in [-0.2, -0.15) is 4.98 Å². The number of carbonyl (C=O) groups is 2. The van der Waals surface area contributed by atoms with Gasteiger partial charge in [-0.1, -0.05) is 5.16 Å². The van der Waals surface area contributed by atoms with Crippen LogP contribution in [0.3, 0.4) is 0 Å². The Hall–Kier alpha value is -2.28. The molecule has 2 amide bonds. The summed E-state index contributed by atoms with van der Waals surface area (Å²) in [7, 11) is 0. The zero-order valence-electron chi connectivity index (χ0n) is 13.2. The second-order valence-corrected chi connectivity index (χ2v) is 5.31. The van der Waals surface area contributed by atoms with Crippen molar-refractivity contribution in [2.75, 3.05) is 0 Å². The van der Waals surface area contributed by atoms with Crippen LogP contribution >= 0.6 is 0 Å². The van der Waals surface area contributed by atoms with Crippen LogP contribution < -0.4 is 22.1 Å². The summed E-state index contributed by atoms with van der Waals surface area (Å²) < 4.78 is 4.97. The van der Waals surface area contributed by atoms with E-state index >= 15 is 0 Å². The Bertz CT molecular complexity index is 560. The van der Waals surface area contributed by atoms with E-state index in [4.69, 9.17) is 21.1 Å². The minimum absolute atomic E-state index is 0.0501. The number of carboxylic acids is 1. The summed E-state index contributed by atoms with van der Waals surface area (Å²) in [6, 6.07) is -3.93. The lowest BCUT2D eigenvalue weighted by atomic mass is 10.1. The topological polar surface area (TPSA) is 210 Å². The molecule has 5 atom stereocenters. The smallest absolute Gasteiger partial charge is 0.328 e. The minimum atomic E-state index is -1.52. The second kappa shape index (κ2) is 8.54. The lowest BCUT2D eigenvalue weighted by molar-refractivity contribution is -0.141. The standard InChI is InChI=1S/C12H22N6O6/c1-4(13)9-17-10(24-18-9)6(3-7(14)20)15-12(23)16-8(5(2)19)11(21)22/h4-8,19-20H,3,13-14H2,1-2H3,(H,21,22)(H2,15,16,23)/t4-,5?,6-,7?,8-/m0/s1. The largest absolute Gasteiger partial charge is 0.480 e. The highest BCUT2D eigenvalue weighted by molar-refractivity contribution is 5.83. The maximum absolute atomic E-state index is 11.9. The fourth-order valence-corrected chi connectivity index (χ4v) is 1.77. The van der Waals surface area contributed by atoms with Crippen LogP contribution in [0.5, 0.6) is 0 Å². The quantitative estimate of drug-likeness (QED) is 0.255. The van der Waals surface area contributed by atoms with Crippen molar-refractivity contribution in [3.05, 3.63) is 11.7 Å². The Morgan fingerprint density at radius 1 is 1.25 bits per heavy atom. The van der Waals surface area contributed by atoms with Crippen molar-refractivity contribution < 1.29 is 29.4 Å². The SMILES string of the molecule is CC(O)[C@H](NC(=O)N[C@@H](CC(N)O)c1nc([C@H](C)N)no1)C(=O)O. The second-order valence-electron chi connectivity index (χ2n) is 5.31. The number of aliphatic hydroxyl groups excluding tert-OH is 2. The number of carboxylic acid groups (broad SMARTS) is 1. The van der Waals surface area contributed by atoms with Crippen LogP contribution in [0.1, 0.15) is 44.1 Å². The van der Waals surface area contributed by atoms with Gasteiger partial charge >= 0.3 is 12.0 Å². The highest BCUT2D eigenvalue weighted by Crippen LogP contribution is 2.17. The molecule has 0 fully saturated rings. The van der Waals surface area contributed by atoms with Crippen LogP contribution in [0.25, 0.3) is 0 Å². The first-order valence-electron chi connectivity index (χ1n) is 7.12. The maximum atomic E-state index is 11.9. The Balaban J connectivity index is 2.85. The van der Waals surface area contributed by atoms with Crippen molar-refractivity contribution >= 4 is 12.0 Å². The summed E-state index contributed by atoms with van der Waals surface area (Å²) >= 11 is 0. The van der Waals surface area contributed by atoms with Gasteiger partial charge in [0.25, 0.3) is 0 Å². The summed E-state index contributed by atoms with van der Waals surface area (Å²) in [4.78, 5) is 26.9. The van der Waals surface area contributed by atoms with Crippen LogP contribution in [0.4, 0.5) is 4.79 Å². The third-order valence-electron chi connectivity index (χ3n) is 2.98. The van der Waals surface area contributed by atoms with Gasteiger partial charge in [-0.15, -0.1) is 0 Å². The summed E-state index contributed by atoms with van der Waals surface area (Å²) in [5, 5.41) is 35.7. The number of rotatable bonds is 8. The summed E-state index contributed by atoms with van der Waals surface area (Å²) in [6.07, 6.45) is -2.78. The molecule has 0 aliphatic rings. The molecule has 1 aromatic rings. The van der Waals surface area contributed by atoms with Gasteiger partial charge in [0, 0.05) is 6.42 Å². The van der Waals surface area contributed by atoms with Crippen molar-refractivity contribution in [3.63, 3.8) is 0 Å². The first kappa shape index (κ1) is 19.8. The Morgan fingerprint density at radius 2 is 1.88 bits per heavy atom. The molecule has 1 heterocycles. The first-order valence-corrected chi connectivity index (χ1v) is 7.12. The molecule has 0 saturated heterocycles. The van der Waals surface area contributed by atoms with Gasteiger partial charge in [-0.3, -0.25) is 0 Å². The van der Waals surface area contributed by atoms with Gasteiger partial charge in [-0.25, -0.2) is 9.59 Å². The van der Waals surface area contributed by atoms with Crippen LogP contribution in [0.2, 0.25) is 0 Å². The normalized spacial score (nSPS) is 17.4. The predicted molar refractivity (Wildman–Crippen MR) is 79.2 cm³/mol. The number of nitrogens with one attached hydrogen (secondary N) is 2. The fraction of sp³-hybridized carbons (Fsp3) is 0.667. The Kier molecular flexibility index (Phi) is 7.03. The van der Waals surface area contributed by atoms with E-state index in [1.807, 2.05) is 0 Å². The molecule has 12 heteroatoms. The molecule has 0 radical (unpaired) electrons. The van der Waals surface area contributed by atoms with Gasteiger partial charge < -0.3 is 41.9 Å². The molecule has 0 aliphatic carbocycles. The van der Waals surface area contributed by atoms with Gasteiger partial charge in [0.2, 0.25) is 5.89 Å². The minimum Gasteiger partial charge on any atom is -0.480 e. The zero-order valence-corrected chi connectivity index (χ0v) is 13.2. The Labute approximate surface area is 137 Å². The maximum Gasteiger partial charge on any atom is 0.328 e. The monoisotopic (exact) mass is 346 g/mol. The molecule has 0 aliphatic heterocycles. The van der Waals surface area contributed by atoms with Crippen LogP contribution in [0, 0.1) is 0 Å². The van der Waals surface area contributed by atoms with Crippen molar-refractivity contribution in [2.45, 2.75) is 50.7 Å². The number of carbonyl (C=O) groups excluding carboxylic acids is 1. The van der Waals surface area contributed by atoms with Crippen LogP contribution in [-0.2, 0) is 4.79 Å². The molecule has 24 heavy (non-hydrogen) atoms. The van der Waals surface area contributed by atoms with Crippen molar-refractivity contribution in [3.8, 4) is 0 Å². The van der Waals surface area contributed by atoms with E-state index in [-0.39, 0.29) is 18.1 Å². The highest BCUT2D eigenvalue weighted by atomic mass is 16.5. The third-order valence-corrected chi connectivity index (χ3v) is 2.98. The molecule has 0 spiro atoms. The van der Waals surface area contributed by atoms with Crippen LogP contribution in [-0.4, -0.2) is 55.8 Å². The van der Waals surface area contributed by atoms with E-state index in [2.05, 4.69) is 20.8 Å². The number of nitrogens with zero attached hydrogens (tertiary/aromatic N) is 2. The summed E-state index contributed by atoms with van der Waals surface area (Å²) in [5.41, 5.74) is 10.9. The van der Waals surface area contributed by atoms with Crippen molar-refractivity contribution in [1.82, 2.24) is 20.8 Å². The molecule has 2 unspecified atom stereocenters. The average molecular weight is 346 g/mol. The number of amides is 2. The van der Waals surface area contributed by atoms with E-state index < -0.39 is 42.5 Å². The van der Waals surface area contributed by atoms with Crippen LogP contribution in [0.15, 0.2) is 4.52 Å². The van der Waals surface area contributed by atoms with Gasteiger partial charge in [0.1, 0.15) is 12.3 Å². The molecule has 0 bridgehead atoms. The molecule has 1 aromatic heterocycles. The van der Waals surface area contributed by atoms with E-state index in [1.54, 1.807) is 6.92 Å². The Morgan fingerprint density at radius 3 is 2.29 bits per heavy atom. The van der Waals surface area contributed by atoms with Crippen molar-refractivity contribution in [2.24, 2.45) is 11.5 Å². The van der Waals surface area contributed by atoms with E-state index in [0.29, 0.717) is 0 Å². The number of hydrogen-bond donors (Lipinski definition) is 7. The lowest BCUT2D eigenvalue weighted by Gasteiger charge is -2.21. The number of aliphatic hydroxyl groups is 2.